The first-order valence-corrected chi connectivity index (χ1v) is 11.7. The van der Waals surface area contributed by atoms with Gasteiger partial charge in [-0.3, -0.25) is 4.84 Å². The van der Waals surface area contributed by atoms with E-state index in [0.29, 0.717) is 19.7 Å². The second-order valence-electron chi connectivity index (χ2n) is 8.57. The van der Waals surface area contributed by atoms with Crippen LogP contribution >= 0.6 is 0 Å². The molecule has 0 saturated carbocycles. The summed E-state index contributed by atoms with van der Waals surface area (Å²) in [4.78, 5) is 5.63. The van der Waals surface area contributed by atoms with Gasteiger partial charge in [0.15, 0.2) is 0 Å². The zero-order valence-electron chi connectivity index (χ0n) is 18.6. The molecule has 0 rings (SSSR count). The predicted molar refractivity (Wildman–Crippen MR) is 116 cm³/mol. The van der Waals surface area contributed by atoms with Gasteiger partial charge >= 0.3 is 0 Å². The van der Waals surface area contributed by atoms with E-state index in [1.807, 2.05) is 0 Å². The highest BCUT2D eigenvalue weighted by molar-refractivity contribution is 4.53. The van der Waals surface area contributed by atoms with Gasteiger partial charge in [0.05, 0.1) is 19.3 Å². The molecule has 0 aliphatic heterocycles. The van der Waals surface area contributed by atoms with E-state index in [0.717, 1.165) is 12.3 Å². The monoisotopic (exact) mass is 387 g/mol. The summed E-state index contributed by atoms with van der Waals surface area (Å²) < 4.78 is 0. The summed E-state index contributed by atoms with van der Waals surface area (Å²) in [5, 5.41) is 20.1. The fraction of sp³-hybridized carbons (Fsp3) is 1.00. The quantitative estimate of drug-likeness (QED) is 0.196. The van der Waals surface area contributed by atoms with Crippen molar-refractivity contribution in [1.29, 1.82) is 0 Å². The van der Waals surface area contributed by atoms with Crippen molar-refractivity contribution < 1.29 is 15.1 Å². The van der Waals surface area contributed by atoms with E-state index in [-0.39, 0.29) is 6.61 Å². The van der Waals surface area contributed by atoms with Crippen LogP contribution in [0.4, 0.5) is 0 Å². The minimum Gasteiger partial charge on any atom is -0.395 e. The van der Waals surface area contributed by atoms with E-state index in [1.165, 1.54) is 83.5 Å². The zero-order valence-corrected chi connectivity index (χ0v) is 18.6. The number of aliphatic hydroxyl groups is 2. The molecule has 0 aliphatic carbocycles. The number of hydrogen-bond donors (Lipinski definition) is 2. The predicted octanol–water partition coefficient (Wildman–Crippen LogP) is 5.71. The molecule has 0 aromatic carbocycles. The van der Waals surface area contributed by atoms with Crippen LogP contribution in [0, 0.1) is 5.92 Å². The van der Waals surface area contributed by atoms with Crippen molar-refractivity contribution in [3.63, 3.8) is 0 Å². The average Bonchev–Trinajstić information content (AvgIpc) is 2.60. The molecule has 164 valence electrons. The van der Waals surface area contributed by atoms with E-state index >= 15 is 0 Å². The Labute approximate surface area is 169 Å². The Hall–Kier alpha value is -0.160. The summed E-state index contributed by atoms with van der Waals surface area (Å²) in [5.41, 5.74) is 0. The van der Waals surface area contributed by atoms with Gasteiger partial charge in [0.2, 0.25) is 0 Å². The third-order valence-electron chi connectivity index (χ3n) is 5.02. The number of hydrogen-bond acceptors (Lipinski definition) is 4. The van der Waals surface area contributed by atoms with Gasteiger partial charge in [-0.2, -0.15) is 5.06 Å². The Kier molecular flexibility index (Phi) is 20.4. The number of unbranched alkanes of at least 4 members (excludes halogenated alkanes) is 12. The Morgan fingerprint density at radius 3 is 1.56 bits per heavy atom. The topological polar surface area (TPSA) is 52.9 Å². The molecular weight excluding hydrogens is 338 g/mol. The van der Waals surface area contributed by atoms with Crippen LogP contribution in [0.3, 0.4) is 0 Å². The number of aliphatic hydroxyl groups excluding tert-OH is 2. The van der Waals surface area contributed by atoms with Gasteiger partial charge in [0, 0.05) is 13.1 Å². The van der Waals surface area contributed by atoms with E-state index in [9.17, 15) is 5.11 Å². The smallest absolute Gasteiger partial charge is 0.0685 e. The van der Waals surface area contributed by atoms with Gasteiger partial charge in [0.25, 0.3) is 0 Å². The molecule has 1 unspecified atom stereocenters. The maximum Gasteiger partial charge on any atom is 0.0685 e. The summed E-state index contributed by atoms with van der Waals surface area (Å²) in [7, 11) is 0. The Bertz CT molecular complexity index is 285. The number of nitrogens with zero attached hydrogens (tertiary/aromatic N) is 1. The SMILES string of the molecule is CC(C)CCCCCCCCCCCCCCCON(CCO)CC(C)O. The van der Waals surface area contributed by atoms with Crippen LogP contribution in [0.5, 0.6) is 0 Å². The van der Waals surface area contributed by atoms with E-state index in [4.69, 9.17) is 9.94 Å². The Morgan fingerprint density at radius 2 is 1.15 bits per heavy atom. The highest BCUT2D eigenvalue weighted by Gasteiger charge is 2.07. The van der Waals surface area contributed by atoms with Crippen molar-refractivity contribution in [3.8, 4) is 0 Å². The normalized spacial score (nSPS) is 13.0. The van der Waals surface area contributed by atoms with Crippen molar-refractivity contribution in [2.24, 2.45) is 5.92 Å². The Morgan fingerprint density at radius 1 is 0.704 bits per heavy atom. The molecule has 0 bridgehead atoms. The van der Waals surface area contributed by atoms with Gasteiger partial charge in [-0.25, -0.2) is 0 Å². The lowest BCUT2D eigenvalue weighted by Gasteiger charge is -2.22. The van der Waals surface area contributed by atoms with Crippen molar-refractivity contribution in [1.82, 2.24) is 5.06 Å². The lowest BCUT2D eigenvalue weighted by atomic mass is 10.0. The van der Waals surface area contributed by atoms with Crippen LogP contribution in [-0.4, -0.2) is 47.7 Å². The second-order valence-corrected chi connectivity index (χ2v) is 8.57. The minimum absolute atomic E-state index is 0.0604. The van der Waals surface area contributed by atoms with Crippen LogP contribution in [0.25, 0.3) is 0 Å². The van der Waals surface area contributed by atoms with Crippen LogP contribution in [0.15, 0.2) is 0 Å². The van der Waals surface area contributed by atoms with Crippen molar-refractivity contribution in [3.05, 3.63) is 0 Å². The number of hydroxylamine groups is 2. The molecule has 4 nitrogen and oxygen atoms in total. The molecule has 27 heavy (non-hydrogen) atoms. The van der Waals surface area contributed by atoms with Gasteiger partial charge in [-0.05, 0) is 19.3 Å². The molecule has 1 atom stereocenters. The lowest BCUT2D eigenvalue weighted by Crippen LogP contribution is -2.33. The summed E-state index contributed by atoms with van der Waals surface area (Å²) in [6.45, 7) is 8.04. The lowest BCUT2D eigenvalue weighted by molar-refractivity contribution is -0.176. The third-order valence-corrected chi connectivity index (χ3v) is 5.02. The highest BCUT2D eigenvalue weighted by Crippen LogP contribution is 2.14. The molecule has 0 aliphatic rings. The molecule has 2 N–H and O–H groups in total. The van der Waals surface area contributed by atoms with Crippen LogP contribution in [0.2, 0.25) is 0 Å². The maximum atomic E-state index is 9.39. The van der Waals surface area contributed by atoms with Gasteiger partial charge < -0.3 is 10.2 Å². The van der Waals surface area contributed by atoms with E-state index < -0.39 is 6.10 Å². The molecular formula is C23H49NO3. The van der Waals surface area contributed by atoms with Crippen molar-refractivity contribution in [2.45, 2.75) is 117 Å². The standard InChI is InChI=1S/C23H49NO3/c1-22(2)17-15-13-11-9-7-5-4-6-8-10-12-14-16-20-27-24(18-19-25)21-23(3)26/h22-23,25-26H,4-21H2,1-3H3. The Balaban J connectivity index is 3.22. The fourth-order valence-electron chi connectivity index (χ4n) is 3.41. The van der Waals surface area contributed by atoms with Crippen molar-refractivity contribution >= 4 is 0 Å². The molecule has 0 radical (unpaired) electrons. The molecule has 0 saturated heterocycles. The molecule has 4 heteroatoms. The average molecular weight is 388 g/mol. The van der Waals surface area contributed by atoms with Crippen LogP contribution < -0.4 is 0 Å². The molecule has 0 amide bonds. The summed E-state index contributed by atoms with van der Waals surface area (Å²) in [6, 6.07) is 0. The molecule has 0 heterocycles. The first-order valence-electron chi connectivity index (χ1n) is 11.7. The molecule has 0 aromatic heterocycles. The minimum atomic E-state index is -0.429. The van der Waals surface area contributed by atoms with Crippen LogP contribution in [-0.2, 0) is 4.84 Å². The molecule has 0 fully saturated rings. The first kappa shape index (κ1) is 26.8. The van der Waals surface area contributed by atoms with Crippen molar-refractivity contribution in [2.75, 3.05) is 26.3 Å². The fourth-order valence-corrected chi connectivity index (χ4v) is 3.41. The second kappa shape index (κ2) is 20.6. The van der Waals surface area contributed by atoms with Crippen LogP contribution in [0.1, 0.15) is 111 Å². The first-order chi connectivity index (χ1) is 13.1. The summed E-state index contributed by atoms with van der Waals surface area (Å²) in [5.74, 6) is 0.869. The maximum absolute atomic E-state index is 9.39. The zero-order chi connectivity index (χ0) is 20.2. The van der Waals surface area contributed by atoms with Gasteiger partial charge in [-0.1, -0.05) is 97.3 Å². The van der Waals surface area contributed by atoms with E-state index in [2.05, 4.69) is 13.8 Å². The molecule has 0 spiro atoms. The molecule has 0 aromatic rings. The number of rotatable bonds is 21. The summed E-state index contributed by atoms with van der Waals surface area (Å²) >= 11 is 0. The third kappa shape index (κ3) is 22.0. The summed E-state index contributed by atoms with van der Waals surface area (Å²) in [6.07, 6.45) is 18.6. The van der Waals surface area contributed by atoms with E-state index in [1.54, 1.807) is 12.0 Å². The largest absolute Gasteiger partial charge is 0.395 e. The highest BCUT2D eigenvalue weighted by atomic mass is 16.7. The van der Waals surface area contributed by atoms with Gasteiger partial charge in [-0.15, -0.1) is 0 Å². The van der Waals surface area contributed by atoms with Gasteiger partial charge in [0.1, 0.15) is 0 Å².